The van der Waals surface area contributed by atoms with Gasteiger partial charge in [0.15, 0.2) is 0 Å². The fraction of sp³-hybridized carbons (Fsp3) is 0.438. The van der Waals surface area contributed by atoms with E-state index < -0.39 is 11.9 Å². The standard InChI is InChI=1S/C16H18F2O2/c1-5-20-14(19)16(17,18)11-10-12-6-8-13(9-7-12)15(2,3)4/h6-9H,5H2,1-4H3. The van der Waals surface area contributed by atoms with Crippen molar-refractivity contribution in [2.24, 2.45) is 0 Å². The number of benzene rings is 1. The van der Waals surface area contributed by atoms with Gasteiger partial charge in [-0.15, -0.1) is 0 Å². The molecule has 0 radical (unpaired) electrons. The summed E-state index contributed by atoms with van der Waals surface area (Å²) in [6, 6.07) is 7.00. The van der Waals surface area contributed by atoms with E-state index in [1.807, 2.05) is 12.1 Å². The van der Waals surface area contributed by atoms with Crippen molar-refractivity contribution in [3.63, 3.8) is 0 Å². The molecule has 2 nitrogen and oxygen atoms in total. The average Bonchev–Trinajstić information content (AvgIpc) is 2.36. The Labute approximate surface area is 118 Å². The van der Waals surface area contributed by atoms with Crippen molar-refractivity contribution in [3.05, 3.63) is 35.4 Å². The lowest BCUT2D eigenvalue weighted by Crippen LogP contribution is -2.29. The minimum absolute atomic E-state index is 0.0131. The summed E-state index contributed by atoms with van der Waals surface area (Å²) in [7, 11) is 0. The Kier molecular flexibility index (Phi) is 4.88. The molecule has 0 fully saturated rings. The third-order valence-corrected chi connectivity index (χ3v) is 2.65. The summed E-state index contributed by atoms with van der Waals surface area (Å²) < 4.78 is 30.9. The van der Waals surface area contributed by atoms with Crippen LogP contribution in [-0.4, -0.2) is 18.5 Å². The van der Waals surface area contributed by atoms with Crippen LogP contribution in [0.2, 0.25) is 0 Å². The van der Waals surface area contributed by atoms with Crippen LogP contribution in [0.4, 0.5) is 8.78 Å². The molecule has 0 aliphatic heterocycles. The number of ether oxygens (including phenoxy) is 1. The van der Waals surface area contributed by atoms with Crippen LogP contribution in [0.15, 0.2) is 24.3 Å². The molecule has 0 unspecified atom stereocenters. The van der Waals surface area contributed by atoms with Crippen LogP contribution >= 0.6 is 0 Å². The fourth-order valence-electron chi connectivity index (χ4n) is 1.48. The first-order valence-electron chi connectivity index (χ1n) is 6.35. The van der Waals surface area contributed by atoms with Crippen LogP contribution in [0.5, 0.6) is 0 Å². The van der Waals surface area contributed by atoms with E-state index in [0.29, 0.717) is 5.56 Å². The SMILES string of the molecule is CCOC(=O)C(F)(F)C#Cc1ccc(C(C)(C)C)cc1. The first-order valence-corrected chi connectivity index (χ1v) is 6.35. The molecule has 4 heteroatoms. The molecular formula is C16H18F2O2. The summed E-state index contributed by atoms with van der Waals surface area (Å²) in [6.07, 6.45) is 0. The summed E-state index contributed by atoms with van der Waals surface area (Å²) in [5, 5.41) is 0. The number of carbonyl (C=O) groups is 1. The van der Waals surface area contributed by atoms with E-state index >= 15 is 0 Å². The van der Waals surface area contributed by atoms with Gasteiger partial charge in [0.05, 0.1) is 6.61 Å². The lowest BCUT2D eigenvalue weighted by atomic mass is 9.87. The second-order valence-electron chi connectivity index (χ2n) is 5.37. The van der Waals surface area contributed by atoms with Crippen LogP contribution in [0.1, 0.15) is 38.8 Å². The number of halogens is 2. The molecule has 1 rings (SSSR count). The molecule has 0 atom stereocenters. The maximum absolute atomic E-state index is 13.3. The van der Waals surface area contributed by atoms with Gasteiger partial charge in [0, 0.05) is 5.56 Å². The quantitative estimate of drug-likeness (QED) is 0.612. The number of hydrogen-bond acceptors (Lipinski definition) is 2. The van der Waals surface area contributed by atoms with Gasteiger partial charge in [0.2, 0.25) is 0 Å². The van der Waals surface area contributed by atoms with Gasteiger partial charge in [-0.25, -0.2) is 4.79 Å². The van der Waals surface area contributed by atoms with Crippen molar-refractivity contribution >= 4 is 5.97 Å². The zero-order valence-corrected chi connectivity index (χ0v) is 12.1. The number of alkyl halides is 2. The van der Waals surface area contributed by atoms with Gasteiger partial charge < -0.3 is 4.74 Å². The van der Waals surface area contributed by atoms with Gasteiger partial charge in [-0.05, 0) is 36.0 Å². The molecule has 0 aliphatic carbocycles. The summed E-state index contributed by atoms with van der Waals surface area (Å²) in [5.41, 5.74) is 1.50. The second kappa shape index (κ2) is 6.04. The van der Waals surface area contributed by atoms with Crippen molar-refractivity contribution in [2.45, 2.75) is 39.0 Å². The minimum Gasteiger partial charge on any atom is -0.461 e. The molecule has 0 aliphatic rings. The largest absolute Gasteiger partial charge is 0.461 e. The summed E-state index contributed by atoms with van der Waals surface area (Å²) >= 11 is 0. The Morgan fingerprint density at radius 2 is 1.75 bits per heavy atom. The topological polar surface area (TPSA) is 26.3 Å². The van der Waals surface area contributed by atoms with E-state index in [1.54, 1.807) is 18.1 Å². The van der Waals surface area contributed by atoms with Crippen LogP contribution < -0.4 is 0 Å². The first kappa shape index (κ1) is 16.2. The smallest absolute Gasteiger partial charge is 0.403 e. The van der Waals surface area contributed by atoms with E-state index in [9.17, 15) is 13.6 Å². The van der Waals surface area contributed by atoms with Crippen LogP contribution in [0, 0.1) is 11.8 Å². The van der Waals surface area contributed by atoms with Gasteiger partial charge in [-0.1, -0.05) is 38.8 Å². The predicted octanol–water partition coefficient (Wildman–Crippen LogP) is 3.53. The Balaban J connectivity index is 2.90. The zero-order chi connectivity index (χ0) is 15.4. The van der Waals surface area contributed by atoms with Gasteiger partial charge in [0.25, 0.3) is 0 Å². The van der Waals surface area contributed by atoms with Crippen LogP contribution in [0.25, 0.3) is 0 Å². The molecule has 1 aromatic carbocycles. The van der Waals surface area contributed by atoms with Crippen molar-refractivity contribution in [2.75, 3.05) is 6.61 Å². The highest BCUT2D eigenvalue weighted by molar-refractivity contribution is 5.81. The molecule has 0 N–H and O–H groups in total. The van der Waals surface area contributed by atoms with Crippen LogP contribution in [-0.2, 0) is 14.9 Å². The number of esters is 1. The second-order valence-corrected chi connectivity index (χ2v) is 5.37. The zero-order valence-electron chi connectivity index (χ0n) is 12.1. The highest BCUT2D eigenvalue weighted by Gasteiger charge is 2.38. The average molecular weight is 280 g/mol. The molecule has 0 aromatic heterocycles. The Morgan fingerprint density at radius 3 is 2.20 bits per heavy atom. The molecule has 0 spiro atoms. The molecule has 0 amide bonds. The van der Waals surface area contributed by atoms with Crippen molar-refractivity contribution in [1.29, 1.82) is 0 Å². The van der Waals surface area contributed by atoms with Gasteiger partial charge in [0.1, 0.15) is 0 Å². The fourth-order valence-corrected chi connectivity index (χ4v) is 1.48. The molecule has 0 bridgehead atoms. The molecule has 0 saturated carbocycles. The molecular weight excluding hydrogens is 262 g/mol. The van der Waals surface area contributed by atoms with Crippen molar-refractivity contribution in [1.82, 2.24) is 0 Å². The Bertz CT molecular complexity index is 528. The highest BCUT2D eigenvalue weighted by atomic mass is 19.3. The first-order chi connectivity index (χ1) is 9.16. The third-order valence-electron chi connectivity index (χ3n) is 2.65. The maximum atomic E-state index is 13.3. The molecule has 108 valence electrons. The monoisotopic (exact) mass is 280 g/mol. The van der Waals surface area contributed by atoms with Crippen molar-refractivity contribution in [3.8, 4) is 11.8 Å². The number of rotatable bonds is 2. The molecule has 1 aromatic rings. The van der Waals surface area contributed by atoms with Crippen molar-refractivity contribution < 1.29 is 18.3 Å². The van der Waals surface area contributed by atoms with E-state index in [1.165, 1.54) is 6.92 Å². The van der Waals surface area contributed by atoms with Gasteiger partial charge in [-0.3, -0.25) is 0 Å². The third kappa shape index (κ3) is 4.34. The summed E-state index contributed by atoms with van der Waals surface area (Å²) in [4.78, 5) is 11.0. The van der Waals surface area contributed by atoms with Gasteiger partial charge in [-0.2, -0.15) is 8.78 Å². The Hall–Kier alpha value is -1.89. The normalized spacial score (nSPS) is 11.5. The molecule has 0 saturated heterocycles. The highest BCUT2D eigenvalue weighted by Crippen LogP contribution is 2.22. The van der Waals surface area contributed by atoms with Gasteiger partial charge >= 0.3 is 11.9 Å². The van der Waals surface area contributed by atoms with Crippen LogP contribution in [0.3, 0.4) is 0 Å². The molecule has 20 heavy (non-hydrogen) atoms. The lowest BCUT2D eigenvalue weighted by Gasteiger charge is -2.18. The lowest BCUT2D eigenvalue weighted by molar-refractivity contribution is -0.163. The number of hydrogen-bond donors (Lipinski definition) is 0. The van der Waals surface area contributed by atoms with E-state index in [0.717, 1.165) is 5.56 Å². The minimum atomic E-state index is -3.78. The van der Waals surface area contributed by atoms with E-state index in [-0.39, 0.29) is 12.0 Å². The summed E-state index contributed by atoms with van der Waals surface area (Å²) in [5.74, 6) is -1.43. The van der Waals surface area contributed by atoms with E-state index in [4.69, 9.17) is 0 Å². The predicted molar refractivity (Wildman–Crippen MR) is 73.6 cm³/mol. The molecule has 0 heterocycles. The number of carbonyl (C=O) groups excluding carboxylic acids is 1. The Morgan fingerprint density at radius 1 is 1.20 bits per heavy atom. The summed E-state index contributed by atoms with van der Waals surface area (Å²) in [6.45, 7) is 7.54. The van der Waals surface area contributed by atoms with E-state index in [2.05, 4.69) is 31.4 Å². The maximum Gasteiger partial charge on any atom is 0.403 e.